The summed E-state index contributed by atoms with van der Waals surface area (Å²) in [5.74, 6) is 0.0504. The van der Waals surface area contributed by atoms with Gasteiger partial charge in [0.05, 0.1) is 6.04 Å². The van der Waals surface area contributed by atoms with Crippen molar-refractivity contribution in [3.05, 3.63) is 35.9 Å². The van der Waals surface area contributed by atoms with Gasteiger partial charge in [-0.3, -0.25) is 9.14 Å². The highest BCUT2D eigenvalue weighted by Crippen LogP contribution is 2.04. The third kappa shape index (κ3) is 3.16. The molecule has 0 heterocycles. The van der Waals surface area contributed by atoms with Gasteiger partial charge in [-0.15, -0.1) is 0 Å². The topological polar surface area (TPSA) is 41.1 Å². The first-order valence-corrected chi connectivity index (χ1v) is 5.67. The Kier molecular flexibility index (Phi) is 5.32. The molecule has 1 rings (SSSR count). The van der Waals surface area contributed by atoms with Crippen LogP contribution in [0.3, 0.4) is 0 Å². The van der Waals surface area contributed by atoms with Crippen LogP contribution in [0.1, 0.15) is 10.4 Å². The van der Waals surface area contributed by atoms with Crippen LogP contribution in [-0.4, -0.2) is 18.4 Å². The largest absolute Gasteiger partial charge is 0.292 e. The van der Waals surface area contributed by atoms with Crippen LogP contribution in [0.5, 0.6) is 0 Å². The minimum absolute atomic E-state index is 0.0504. The van der Waals surface area contributed by atoms with Crippen molar-refractivity contribution < 1.29 is 4.79 Å². The number of Topliss-reactive ketones (excluding diaryl/α,β-unsaturated/α-hetero) is 1. The Morgan fingerprint density at radius 2 is 1.93 bits per heavy atom. The molecule has 0 aromatic heterocycles. The lowest BCUT2D eigenvalue weighted by Gasteiger charge is -2.12. The van der Waals surface area contributed by atoms with Crippen LogP contribution in [0.4, 0.5) is 0 Å². The predicted octanol–water partition coefficient (Wildman–Crippen LogP) is 2.04. The Bertz CT molecular complexity index is 292. The summed E-state index contributed by atoms with van der Waals surface area (Å²) >= 11 is 6.15. The fourth-order valence-corrected chi connectivity index (χ4v) is 1.76. The molecule has 14 heavy (non-hydrogen) atoms. The van der Waals surface area contributed by atoms with Gasteiger partial charge in [0.1, 0.15) is 0 Å². The van der Waals surface area contributed by atoms with Gasteiger partial charge in [-0.05, 0) is 0 Å². The maximum absolute atomic E-state index is 11.8. The van der Waals surface area contributed by atoms with E-state index in [0.717, 1.165) is 0 Å². The summed E-state index contributed by atoms with van der Waals surface area (Å²) in [5.41, 5.74) is 0.701. The molecule has 3 nitrogen and oxygen atoms in total. The molecule has 0 fully saturated rings. The highest BCUT2D eigenvalue weighted by Gasteiger charge is 2.17. The maximum atomic E-state index is 11.8. The molecular formula is C9H10Br2N2O. The molecule has 76 valence electrons. The Balaban J connectivity index is 2.73. The summed E-state index contributed by atoms with van der Waals surface area (Å²) < 4.78 is 5.54. The van der Waals surface area contributed by atoms with Crippen LogP contribution in [0.15, 0.2) is 30.3 Å². The Morgan fingerprint density at radius 3 is 2.43 bits per heavy atom. The first-order valence-electron chi connectivity index (χ1n) is 4.08. The van der Waals surface area contributed by atoms with E-state index in [1.807, 2.05) is 18.2 Å². The molecule has 1 aromatic carbocycles. The number of nitrogens with one attached hydrogen (secondary N) is 2. The van der Waals surface area contributed by atoms with Gasteiger partial charge < -0.3 is 0 Å². The van der Waals surface area contributed by atoms with E-state index in [-0.39, 0.29) is 11.8 Å². The lowest BCUT2D eigenvalue weighted by molar-refractivity contribution is 0.0958. The monoisotopic (exact) mass is 320 g/mol. The SMILES string of the molecule is O=C(c1ccccc1)C(CNBr)NBr. The second-order valence-corrected chi connectivity index (χ2v) is 3.75. The van der Waals surface area contributed by atoms with Gasteiger partial charge >= 0.3 is 0 Å². The Hall–Kier alpha value is -0.230. The van der Waals surface area contributed by atoms with Crippen LogP contribution >= 0.6 is 32.3 Å². The highest BCUT2D eigenvalue weighted by atomic mass is 79.9. The second-order valence-electron chi connectivity index (χ2n) is 2.73. The van der Waals surface area contributed by atoms with E-state index < -0.39 is 0 Å². The lowest BCUT2D eigenvalue weighted by atomic mass is 10.1. The van der Waals surface area contributed by atoms with E-state index >= 15 is 0 Å². The summed E-state index contributed by atoms with van der Waals surface area (Å²) in [7, 11) is 0. The minimum atomic E-state index is -0.281. The number of halogens is 2. The van der Waals surface area contributed by atoms with E-state index in [2.05, 4.69) is 41.0 Å². The van der Waals surface area contributed by atoms with Gasteiger partial charge in [0.15, 0.2) is 5.78 Å². The van der Waals surface area contributed by atoms with Crippen molar-refractivity contribution in [2.24, 2.45) is 0 Å². The number of ketones is 1. The highest BCUT2D eigenvalue weighted by molar-refractivity contribution is 9.08. The molecule has 0 aliphatic rings. The van der Waals surface area contributed by atoms with Crippen molar-refractivity contribution in [3.63, 3.8) is 0 Å². The number of rotatable bonds is 5. The van der Waals surface area contributed by atoms with Crippen molar-refractivity contribution in [2.75, 3.05) is 6.54 Å². The van der Waals surface area contributed by atoms with Crippen molar-refractivity contribution in [1.82, 2.24) is 8.69 Å². The van der Waals surface area contributed by atoms with E-state index in [9.17, 15) is 4.79 Å². The van der Waals surface area contributed by atoms with Gasteiger partial charge in [0.25, 0.3) is 0 Å². The van der Waals surface area contributed by atoms with Crippen LogP contribution < -0.4 is 8.69 Å². The lowest BCUT2D eigenvalue weighted by Crippen LogP contribution is -2.37. The van der Waals surface area contributed by atoms with Crippen molar-refractivity contribution in [1.29, 1.82) is 0 Å². The smallest absolute Gasteiger partial charge is 0.181 e. The van der Waals surface area contributed by atoms with Crippen molar-refractivity contribution in [2.45, 2.75) is 6.04 Å². The van der Waals surface area contributed by atoms with Crippen LogP contribution in [0.25, 0.3) is 0 Å². The first-order chi connectivity index (χ1) is 6.79. The summed E-state index contributed by atoms with van der Waals surface area (Å²) in [6, 6.07) is 8.90. The number of carbonyl (C=O) groups excluding carboxylic acids is 1. The average molecular weight is 322 g/mol. The molecule has 0 amide bonds. The molecule has 2 N–H and O–H groups in total. The van der Waals surface area contributed by atoms with Gasteiger partial charge in [-0.1, -0.05) is 30.3 Å². The fraction of sp³-hybridized carbons (Fsp3) is 0.222. The number of carbonyl (C=O) groups is 1. The molecule has 5 heteroatoms. The second kappa shape index (κ2) is 6.29. The summed E-state index contributed by atoms with van der Waals surface area (Å²) in [4.78, 5) is 11.8. The van der Waals surface area contributed by atoms with Gasteiger partial charge in [-0.25, -0.2) is 4.34 Å². The molecule has 0 radical (unpaired) electrons. The molecule has 0 aliphatic carbocycles. The van der Waals surface area contributed by atoms with E-state index in [0.29, 0.717) is 12.1 Å². The summed E-state index contributed by atoms with van der Waals surface area (Å²) in [5, 5.41) is 0. The van der Waals surface area contributed by atoms with Crippen LogP contribution in [0.2, 0.25) is 0 Å². The molecule has 1 atom stereocenters. The zero-order valence-electron chi connectivity index (χ0n) is 7.34. The number of hydrogen-bond acceptors (Lipinski definition) is 3. The van der Waals surface area contributed by atoms with E-state index in [1.165, 1.54) is 0 Å². The molecule has 0 saturated carbocycles. The van der Waals surface area contributed by atoms with E-state index in [1.54, 1.807) is 12.1 Å². The zero-order valence-corrected chi connectivity index (χ0v) is 10.5. The molecule has 0 bridgehead atoms. The third-order valence-corrected chi connectivity index (χ3v) is 2.66. The van der Waals surface area contributed by atoms with Gasteiger partial charge in [-0.2, -0.15) is 0 Å². The molecule has 1 aromatic rings. The van der Waals surface area contributed by atoms with Gasteiger partial charge in [0, 0.05) is 44.4 Å². The van der Waals surface area contributed by atoms with Crippen LogP contribution in [-0.2, 0) is 0 Å². The van der Waals surface area contributed by atoms with E-state index in [4.69, 9.17) is 0 Å². The van der Waals surface area contributed by atoms with Gasteiger partial charge in [0.2, 0.25) is 0 Å². The Labute approximate surface area is 99.9 Å². The minimum Gasteiger partial charge on any atom is -0.292 e. The summed E-state index contributed by atoms with van der Waals surface area (Å²) in [6.45, 7) is 0.513. The summed E-state index contributed by atoms with van der Waals surface area (Å²) in [6.07, 6.45) is 0. The molecular weight excluding hydrogens is 312 g/mol. The zero-order chi connectivity index (χ0) is 10.4. The quantitative estimate of drug-likeness (QED) is 0.644. The Morgan fingerprint density at radius 1 is 1.29 bits per heavy atom. The predicted molar refractivity (Wildman–Crippen MR) is 63.6 cm³/mol. The number of benzene rings is 1. The molecule has 0 spiro atoms. The number of hydrogen-bond donors (Lipinski definition) is 2. The molecule has 0 saturated heterocycles. The van der Waals surface area contributed by atoms with Crippen LogP contribution in [0, 0.1) is 0 Å². The van der Waals surface area contributed by atoms with Crippen molar-refractivity contribution in [3.8, 4) is 0 Å². The molecule has 1 unspecified atom stereocenters. The average Bonchev–Trinajstić information content (AvgIpc) is 2.26. The fourth-order valence-electron chi connectivity index (χ4n) is 1.06. The normalized spacial score (nSPS) is 12.4. The molecule has 0 aliphatic heterocycles. The maximum Gasteiger partial charge on any atom is 0.181 e. The first kappa shape index (κ1) is 11.8. The standard InChI is InChI=1S/C9H10Br2N2O/c10-12-6-8(13-11)9(14)7-4-2-1-3-5-7/h1-5,8,12-13H,6H2. The van der Waals surface area contributed by atoms with Crippen molar-refractivity contribution >= 4 is 38.1 Å². The third-order valence-electron chi connectivity index (χ3n) is 1.79.